The molecule has 0 amide bonds. The van der Waals surface area contributed by atoms with Gasteiger partial charge in [-0.2, -0.15) is 0 Å². The molecule has 2 aromatic rings. The normalized spacial score (nSPS) is 10.1. The zero-order valence-electron chi connectivity index (χ0n) is 12.1. The van der Waals surface area contributed by atoms with Crippen molar-refractivity contribution in [3.63, 3.8) is 0 Å². The quantitative estimate of drug-likeness (QED) is 0.843. The lowest BCUT2D eigenvalue weighted by molar-refractivity contribution is 0.474. The maximum atomic E-state index is 9.19. The Morgan fingerprint density at radius 2 is 1.60 bits per heavy atom. The Morgan fingerprint density at radius 1 is 0.950 bits per heavy atom. The van der Waals surface area contributed by atoms with Crippen LogP contribution in [-0.4, -0.2) is 10.2 Å². The lowest BCUT2D eigenvalue weighted by Crippen LogP contribution is -1.79. The molecule has 0 aromatic heterocycles. The molecule has 0 unspecified atom stereocenters. The predicted molar refractivity (Wildman–Crippen MR) is 84.9 cm³/mol. The molecule has 2 rings (SSSR count). The summed E-state index contributed by atoms with van der Waals surface area (Å²) in [6.45, 7) is 4.07. The summed E-state index contributed by atoms with van der Waals surface area (Å²) in [6.07, 6.45) is 6.02. The Bertz CT molecular complexity index is 527. The van der Waals surface area contributed by atoms with Crippen LogP contribution in [0.15, 0.2) is 54.6 Å². The van der Waals surface area contributed by atoms with Gasteiger partial charge in [-0.1, -0.05) is 55.8 Å². The molecule has 0 saturated heterocycles. The van der Waals surface area contributed by atoms with Gasteiger partial charge in [0.15, 0.2) is 0 Å². The molecule has 0 bridgehead atoms. The van der Waals surface area contributed by atoms with E-state index in [0.717, 1.165) is 18.4 Å². The highest BCUT2D eigenvalue weighted by molar-refractivity contribution is 5.56. The molecular formula is C18H22O2. The minimum absolute atomic E-state index is 0.334. The molecule has 0 radical (unpaired) electrons. The fraction of sp³-hybridized carbons (Fsp3) is 0.222. The Morgan fingerprint density at radius 3 is 2.15 bits per heavy atom. The smallest absolute Gasteiger partial charge is 0.122 e. The van der Waals surface area contributed by atoms with Crippen molar-refractivity contribution < 1.29 is 10.2 Å². The minimum atomic E-state index is 0.334. The number of benzene rings is 2. The summed E-state index contributed by atoms with van der Waals surface area (Å²) < 4.78 is 0. The van der Waals surface area contributed by atoms with Crippen LogP contribution < -0.4 is 0 Å². The first-order valence-electron chi connectivity index (χ1n) is 6.86. The molecule has 0 atom stereocenters. The highest BCUT2D eigenvalue weighted by Crippen LogP contribution is 2.16. The largest absolute Gasteiger partial charge is 0.508 e. The monoisotopic (exact) mass is 270 g/mol. The van der Waals surface area contributed by atoms with E-state index in [9.17, 15) is 5.11 Å². The van der Waals surface area contributed by atoms with Gasteiger partial charge in [-0.05, 0) is 37.1 Å². The topological polar surface area (TPSA) is 40.5 Å². The highest BCUT2D eigenvalue weighted by atomic mass is 16.3. The Labute approximate surface area is 121 Å². The third-order valence-corrected chi connectivity index (χ3v) is 2.76. The van der Waals surface area contributed by atoms with Crippen LogP contribution >= 0.6 is 0 Å². The van der Waals surface area contributed by atoms with E-state index in [4.69, 9.17) is 5.11 Å². The number of rotatable bonds is 3. The second kappa shape index (κ2) is 8.81. The summed E-state index contributed by atoms with van der Waals surface area (Å²) in [5, 5.41) is 18.1. The number of hydrogen-bond acceptors (Lipinski definition) is 2. The van der Waals surface area contributed by atoms with Crippen LogP contribution in [0, 0.1) is 0 Å². The van der Waals surface area contributed by atoms with Crippen molar-refractivity contribution in [2.24, 2.45) is 0 Å². The number of phenols is 2. The molecule has 2 heteroatoms. The summed E-state index contributed by atoms with van der Waals surface area (Å²) in [5.74, 6) is 0.681. The average Bonchev–Trinajstić information content (AvgIpc) is 2.45. The first-order valence-corrected chi connectivity index (χ1v) is 6.86. The van der Waals surface area contributed by atoms with E-state index in [-0.39, 0.29) is 0 Å². The fourth-order valence-corrected chi connectivity index (χ4v) is 1.76. The minimum Gasteiger partial charge on any atom is -0.508 e. The Balaban J connectivity index is 0.000000200. The maximum absolute atomic E-state index is 9.19. The van der Waals surface area contributed by atoms with E-state index in [1.54, 1.807) is 18.2 Å². The van der Waals surface area contributed by atoms with Crippen LogP contribution in [0.3, 0.4) is 0 Å². The fourth-order valence-electron chi connectivity index (χ4n) is 1.76. The number of aryl methyl sites for hydroxylation is 1. The van der Waals surface area contributed by atoms with Gasteiger partial charge in [-0.25, -0.2) is 0 Å². The van der Waals surface area contributed by atoms with Crippen LogP contribution in [0.1, 0.15) is 31.4 Å². The van der Waals surface area contributed by atoms with Gasteiger partial charge < -0.3 is 10.2 Å². The van der Waals surface area contributed by atoms with Gasteiger partial charge in [0.1, 0.15) is 11.5 Å². The number of hydrogen-bond donors (Lipinski definition) is 2. The summed E-state index contributed by atoms with van der Waals surface area (Å²) in [7, 11) is 0. The van der Waals surface area contributed by atoms with Crippen molar-refractivity contribution in [2.45, 2.75) is 26.7 Å². The first kappa shape index (κ1) is 15.8. The second-order valence-corrected chi connectivity index (χ2v) is 4.48. The van der Waals surface area contributed by atoms with Crippen molar-refractivity contribution in [1.29, 1.82) is 0 Å². The molecule has 0 aliphatic carbocycles. The third kappa shape index (κ3) is 5.61. The Kier molecular flexibility index (Phi) is 6.97. The van der Waals surface area contributed by atoms with Gasteiger partial charge in [0, 0.05) is 5.56 Å². The van der Waals surface area contributed by atoms with E-state index >= 15 is 0 Å². The van der Waals surface area contributed by atoms with Crippen molar-refractivity contribution in [3.8, 4) is 11.5 Å². The molecular weight excluding hydrogens is 248 g/mol. The van der Waals surface area contributed by atoms with Crippen molar-refractivity contribution in [2.75, 3.05) is 0 Å². The lowest BCUT2D eigenvalue weighted by Gasteiger charge is -1.96. The molecule has 0 aliphatic heterocycles. The van der Waals surface area contributed by atoms with Gasteiger partial charge >= 0.3 is 0 Å². The zero-order valence-corrected chi connectivity index (χ0v) is 12.1. The van der Waals surface area contributed by atoms with Gasteiger partial charge in [0.05, 0.1) is 0 Å². The molecule has 0 saturated carbocycles. The average molecular weight is 270 g/mol. The summed E-state index contributed by atoms with van der Waals surface area (Å²) in [4.78, 5) is 0. The Hall–Kier alpha value is -2.22. The lowest BCUT2D eigenvalue weighted by atomic mass is 10.1. The van der Waals surface area contributed by atoms with E-state index < -0.39 is 0 Å². The second-order valence-electron chi connectivity index (χ2n) is 4.48. The molecule has 0 fully saturated rings. The number of phenolic OH excluding ortho intramolecular Hbond substituents is 2. The number of aromatic hydroxyl groups is 2. The summed E-state index contributed by atoms with van der Waals surface area (Å²) in [6, 6.07) is 14.6. The predicted octanol–water partition coefficient (Wildman–Crippen LogP) is 4.77. The molecule has 106 valence electrons. The van der Waals surface area contributed by atoms with Gasteiger partial charge in [-0.3, -0.25) is 0 Å². The SMILES string of the molecule is C/C=C/c1ccccc1O.CCCc1ccc(O)cc1. The number of allylic oxidation sites excluding steroid dienone is 1. The summed E-state index contributed by atoms with van der Waals surface area (Å²) in [5.41, 5.74) is 2.16. The van der Waals surface area contributed by atoms with Crippen molar-refractivity contribution in [1.82, 2.24) is 0 Å². The molecule has 0 heterocycles. The van der Waals surface area contributed by atoms with E-state index in [2.05, 4.69) is 6.92 Å². The molecule has 0 spiro atoms. The van der Waals surface area contributed by atoms with Crippen molar-refractivity contribution >= 4 is 6.08 Å². The van der Waals surface area contributed by atoms with E-state index in [1.165, 1.54) is 5.56 Å². The van der Waals surface area contributed by atoms with E-state index in [0.29, 0.717) is 11.5 Å². The molecule has 2 nitrogen and oxygen atoms in total. The summed E-state index contributed by atoms with van der Waals surface area (Å²) >= 11 is 0. The van der Waals surface area contributed by atoms with Crippen LogP contribution in [0.4, 0.5) is 0 Å². The highest BCUT2D eigenvalue weighted by Gasteiger charge is 1.91. The number of para-hydroxylation sites is 1. The van der Waals surface area contributed by atoms with E-state index in [1.807, 2.05) is 49.4 Å². The molecule has 2 N–H and O–H groups in total. The van der Waals surface area contributed by atoms with Gasteiger partial charge in [0.2, 0.25) is 0 Å². The maximum Gasteiger partial charge on any atom is 0.122 e. The standard InChI is InChI=1S/C9H10O.C9H12O/c1-2-5-8-6-3-4-7-9(8)10;1-2-3-8-4-6-9(10)7-5-8/h2-7,10H,1H3;4-7,10H,2-3H2,1H3/b5-2+;. The van der Waals surface area contributed by atoms with Crippen molar-refractivity contribution in [3.05, 3.63) is 65.7 Å². The molecule has 2 aromatic carbocycles. The van der Waals surface area contributed by atoms with Crippen LogP contribution in [0.2, 0.25) is 0 Å². The van der Waals surface area contributed by atoms with Gasteiger partial charge in [0.25, 0.3) is 0 Å². The van der Waals surface area contributed by atoms with Crippen LogP contribution in [-0.2, 0) is 6.42 Å². The molecule has 0 aliphatic rings. The third-order valence-electron chi connectivity index (χ3n) is 2.76. The van der Waals surface area contributed by atoms with Crippen LogP contribution in [0.5, 0.6) is 11.5 Å². The molecule has 20 heavy (non-hydrogen) atoms. The van der Waals surface area contributed by atoms with Crippen LogP contribution in [0.25, 0.3) is 6.08 Å². The zero-order chi connectivity index (χ0) is 14.8. The first-order chi connectivity index (χ1) is 9.67. The van der Waals surface area contributed by atoms with Gasteiger partial charge in [-0.15, -0.1) is 0 Å².